The van der Waals surface area contributed by atoms with E-state index < -0.39 is 0 Å². The normalized spacial score (nSPS) is 12.2. The van der Waals surface area contributed by atoms with Crippen LogP contribution in [0.25, 0.3) is 110 Å². The molecular weight excluding hydrogens is 953 g/mol. The van der Waals surface area contributed by atoms with E-state index in [0.29, 0.717) is 5.92 Å². The van der Waals surface area contributed by atoms with Crippen LogP contribution in [0.5, 0.6) is 0 Å². The molecule has 0 aromatic heterocycles. The van der Waals surface area contributed by atoms with Crippen LogP contribution >= 0.6 is 0 Å². The molecule has 2 aliphatic carbocycles. The summed E-state index contributed by atoms with van der Waals surface area (Å²) in [5.74, 6) is 0.419. The van der Waals surface area contributed by atoms with Gasteiger partial charge in [-0.05, 0) is 205 Å². The molecule has 0 saturated heterocycles. The second-order valence-electron chi connectivity index (χ2n) is 23.0. The zero-order valence-electron chi connectivity index (χ0n) is 45.2. The van der Waals surface area contributed by atoms with E-state index in [1.807, 2.05) is 0 Å². The van der Waals surface area contributed by atoms with E-state index in [2.05, 4.69) is 299 Å². The fraction of sp³-hybridized carbons (Fsp3) is 0.0909. The summed E-state index contributed by atoms with van der Waals surface area (Å²) in [5, 5.41) is 9.96. The van der Waals surface area contributed by atoms with Crippen molar-refractivity contribution in [2.45, 2.75) is 46.0 Å². The second kappa shape index (κ2) is 18.0. The Balaban J connectivity index is 1.08. The Labute approximate surface area is 463 Å². The molecule has 0 heterocycles. The number of para-hydroxylation sites is 2. The predicted molar refractivity (Wildman–Crippen MR) is 338 cm³/mol. The Kier molecular flexibility index (Phi) is 10.7. The zero-order valence-corrected chi connectivity index (χ0v) is 45.2. The summed E-state index contributed by atoms with van der Waals surface area (Å²) < 4.78 is 0. The lowest BCUT2D eigenvalue weighted by atomic mass is 9.82. The molecule has 79 heavy (non-hydrogen) atoms. The molecule has 0 spiro atoms. The molecular formula is C77H58N2. The van der Waals surface area contributed by atoms with Crippen LogP contribution in [0.2, 0.25) is 0 Å². The Hall–Kier alpha value is -9.50. The number of hydrogen-bond acceptors (Lipinski definition) is 2. The molecule has 0 fully saturated rings. The third-order valence-corrected chi connectivity index (χ3v) is 17.1. The fourth-order valence-corrected chi connectivity index (χ4v) is 13.3. The number of anilines is 6. The lowest BCUT2D eigenvalue weighted by Crippen LogP contribution is -2.13. The molecule has 0 bridgehead atoms. The van der Waals surface area contributed by atoms with Crippen molar-refractivity contribution in [3.8, 4) is 66.8 Å². The van der Waals surface area contributed by atoms with Gasteiger partial charge in [-0.25, -0.2) is 0 Å². The fourth-order valence-electron chi connectivity index (χ4n) is 13.3. The van der Waals surface area contributed by atoms with Crippen molar-refractivity contribution < 1.29 is 0 Å². The second-order valence-corrected chi connectivity index (χ2v) is 23.0. The first-order chi connectivity index (χ1) is 38.7. The summed E-state index contributed by atoms with van der Waals surface area (Å²) in [6, 6.07) is 96.0. The first-order valence-corrected chi connectivity index (χ1v) is 27.9. The van der Waals surface area contributed by atoms with Crippen molar-refractivity contribution in [2.75, 3.05) is 9.80 Å². The molecule has 13 aromatic rings. The van der Waals surface area contributed by atoms with Gasteiger partial charge < -0.3 is 9.80 Å². The summed E-state index contributed by atoms with van der Waals surface area (Å²) in [6.45, 7) is 11.4. The minimum Gasteiger partial charge on any atom is -0.310 e. The number of rotatable bonds is 9. The maximum absolute atomic E-state index is 2.50. The van der Waals surface area contributed by atoms with Gasteiger partial charge in [0, 0.05) is 34.1 Å². The lowest BCUT2D eigenvalue weighted by Gasteiger charge is -2.29. The van der Waals surface area contributed by atoms with E-state index in [9.17, 15) is 0 Å². The van der Waals surface area contributed by atoms with Crippen LogP contribution in [0.15, 0.2) is 255 Å². The molecule has 0 atom stereocenters. The largest absolute Gasteiger partial charge is 0.310 e. The third kappa shape index (κ3) is 7.39. The molecule has 2 nitrogen and oxygen atoms in total. The molecule has 0 saturated carbocycles. The van der Waals surface area contributed by atoms with Gasteiger partial charge in [0.1, 0.15) is 0 Å². The van der Waals surface area contributed by atoms with E-state index in [0.717, 1.165) is 34.1 Å². The van der Waals surface area contributed by atoms with Crippen molar-refractivity contribution in [1.29, 1.82) is 0 Å². The first-order valence-electron chi connectivity index (χ1n) is 27.9. The van der Waals surface area contributed by atoms with Crippen molar-refractivity contribution in [2.24, 2.45) is 0 Å². The molecule has 0 aliphatic heterocycles. The molecule has 2 heteroatoms. The van der Waals surface area contributed by atoms with Crippen LogP contribution < -0.4 is 9.80 Å². The van der Waals surface area contributed by atoms with Crippen LogP contribution in [0, 0.1) is 0 Å². The highest BCUT2D eigenvalue weighted by Crippen LogP contribution is 2.56. The van der Waals surface area contributed by atoms with Gasteiger partial charge in [0.15, 0.2) is 0 Å². The first kappa shape index (κ1) is 46.8. The number of nitrogens with zero attached hydrogens (tertiary/aromatic N) is 2. The van der Waals surface area contributed by atoms with Crippen molar-refractivity contribution >= 4 is 77.2 Å². The van der Waals surface area contributed by atoms with Crippen molar-refractivity contribution in [1.82, 2.24) is 0 Å². The maximum atomic E-state index is 2.50. The van der Waals surface area contributed by atoms with Crippen LogP contribution in [-0.4, -0.2) is 0 Å². The summed E-state index contributed by atoms with van der Waals surface area (Å²) in [6.07, 6.45) is 0. The highest BCUT2D eigenvalue weighted by atomic mass is 15.1. The van der Waals surface area contributed by atoms with E-state index in [1.165, 1.54) is 121 Å². The average Bonchev–Trinajstić information content (AvgIpc) is 4.14. The Bertz CT molecular complexity index is 4480. The van der Waals surface area contributed by atoms with Crippen LogP contribution in [0.1, 0.15) is 51.7 Å². The minimum absolute atomic E-state index is 0.0170. The zero-order chi connectivity index (χ0) is 53.1. The molecule has 0 N–H and O–H groups in total. The van der Waals surface area contributed by atoms with Crippen molar-refractivity contribution in [3.05, 3.63) is 266 Å². The SMILES string of the molecule is CC(C)c1ccc(N(c2ccc(C(C)(C)C)cc2)c2ccc3c(-c4ccc5c6c(cccc46)-c4ccccc4-5)c4cc(N(c5ccccc5)c5ccccc5)ccc4c(-c4ccc5c6c(cccc46)-c4ccccc4-5)c3c2)cc1. The predicted octanol–water partition coefficient (Wildman–Crippen LogP) is 22.3. The van der Waals surface area contributed by atoms with Crippen LogP contribution in [0.3, 0.4) is 0 Å². The molecule has 376 valence electrons. The molecule has 0 radical (unpaired) electrons. The standard InChI is InChI=1S/C77H58N2/c1-48(2)49-30-34-53(35-31-49)79(54-36-32-50(33-37-54)77(3,4)5)56-39-41-70-72(47-56)76(68-45-43-66-60-25-15-13-23-58(60)62-27-17-29-64(68)74(62)66)69-40-38-55(78(51-18-8-6-9-19-51)52-20-10-7-11-21-52)46-71(69)75(70)67-44-42-65-59-24-14-12-22-57(59)61-26-16-28-63(67)73(61)65/h6-48H,1-5H3. The molecule has 13 aromatic carbocycles. The van der Waals surface area contributed by atoms with E-state index in [1.54, 1.807) is 0 Å². The number of fused-ring (bicyclic) bond motifs is 8. The van der Waals surface area contributed by atoms with Gasteiger partial charge in [0.25, 0.3) is 0 Å². The third-order valence-electron chi connectivity index (χ3n) is 17.1. The smallest absolute Gasteiger partial charge is 0.0468 e. The van der Waals surface area contributed by atoms with Gasteiger partial charge >= 0.3 is 0 Å². The Morgan fingerprint density at radius 1 is 0.266 bits per heavy atom. The summed E-state index contributed by atoms with van der Waals surface area (Å²) in [5.41, 5.74) is 24.6. The molecule has 15 rings (SSSR count). The lowest BCUT2D eigenvalue weighted by molar-refractivity contribution is 0.590. The van der Waals surface area contributed by atoms with Gasteiger partial charge in [0.05, 0.1) is 0 Å². The highest BCUT2D eigenvalue weighted by Gasteiger charge is 2.29. The van der Waals surface area contributed by atoms with Crippen LogP contribution in [0.4, 0.5) is 34.1 Å². The van der Waals surface area contributed by atoms with Gasteiger partial charge in [-0.15, -0.1) is 0 Å². The number of hydrogen-bond donors (Lipinski definition) is 0. The summed E-state index contributed by atoms with van der Waals surface area (Å²) in [4.78, 5) is 4.87. The van der Waals surface area contributed by atoms with Crippen LogP contribution in [-0.2, 0) is 5.41 Å². The van der Waals surface area contributed by atoms with Gasteiger partial charge in [-0.3, -0.25) is 0 Å². The van der Waals surface area contributed by atoms with E-state index in [-0.39, 0.29) is 5.41 Å². The van der Waals surface area contributed by atoms with E-state index >= 15 is 0 Å². The van der Waals surface area contributed by atoms with Gasteiger partial charge in [0.2, 0.25) is 0 Å². The highest BCUT2D eigenvalue weighted by molar-refractivity contribution is 6.30. The summed E-state index contributed by atoms with van der Waals surface area (Å²) >= 11 is 0. The minimum atomic E-state index is 0.0170. The molecule has 0 amide bonds. The molecule has 2 aliphatic rings. The Morgan fingerprint density at radius 3 is 1.01 bits per heavy atom. The maximum Gasteiger partial charge on any atom is 0.0468 e. The molecule has 0 unspecified atom stereocenters. The van der Waals surface area contributed by atoms with Crippen molar-refractivity contribution in [3.63, 3.8) is 0 Å². The van der Waals surface area contributed by atoms with Gasteiger partial charge in [-0.1, -0.05) is 217 Å². The Morgan fingerprint density at radius 2 is 0.608 bits per heavy atom. The topological polar surface area (TPSA) is 6.48 Å². The van der Waals surface area contributed by atoms with Gasteiger partial charge in [-0.2, -0.15) is 0 Å². The monoisotopic (exact) mass is 1010 g/mol. The van der Waals surface area contributed by atoms with E-state index in [4.69, 9.17) is 0 Å². The summed E-state index contributed by atoms with van der Waals surface area (Å²) in [7, 11) is 0. The number of benzene rings is 13. The average molecular weight is 1010 g/mol. The quantitative estimate of drug-likeness (QED) is 0.133.